The zero-order valence-electron chi connectivity index (χ0n) is 20.8. The van der Waals surface area contributed by atoms with E-state index in [4.69, 9.17) is 21.5 Å². The van der Waals surface area contributed by atoms with Crippen LogP contribution in [0.15, 0.2) is 94.7 Å². The molecule has 1 amide bonds. The highest BCUT2D eigenvalue weighted by Gasteiger charge is 2.25. The molecule has 0 aliphatic heterocycles. The molecule has 9 heteroatoms. The lowest BCUT2D eigenvalue weighted by Gasteiger charge is -2.22. The van der Waals surface area contributed by atoms with E-state index >= 15 is 0 Å². The van der Waals surface area contributed by atoms with E-state index in [1.165, 1.54) is 30.9 Å². The number of nitrogens with zero attached hydrogens (tertiary/aromatic N) is 1. The van der Waals surface area contributed by atoms with Gasteiger partial charge in [-0.15, -0.1) is 0 Å². The predicted molar refractivity (Wildman–Crippen MR) is 152 cm³/mol. The molecule has 0 saturated carbocycles. The summed E-state index contributed by atoms with van der Waals surface area (Å²) in [6.45, 7) is 1.44. The molecule has 38 heavy (non-hydrogen) atoms. The molecule has 3 aromatic carbocycles. The first-order valence-electron chi connectivity index (χ1n) is 11.7. The Bertz CT molecular complexity index is 1520. The monoisotopic (exact) mass is 547 g/mol. The van der Waals surface area contributed by atoms with Gasteiger partial charge in [0, 0.05) is 39.2 Å². The summed E-state index contributed by atoms with van der Waals surface area (Å²) in [6, 6.07) is 21.9. The average Bonchev–Trinajstić information content (AvgIpc) is 2.92. The molecule has 0 aliphatic rings. The molecule has 3 N–H and O–H groups in total. The van der Waals surface area contributed by atoms with E-state index in [2.05, 4.69) is 5.32 Å². The molecule has 194 valence electrons. The number of nitrogens with two attached hydrogens (primary N) is 1. The van der Waals surface area contributed by atoms with Crippen molar-refractivity contribution in [2.45, 2.75) is 24.3 Å². The average molecular weight is 548 g/mol. The van der Waals surface area contributed by atoms with Crippen molar-refractivity contribution in [3.63, 3.8) is 0 Å². The highest BCUT2D eigenvalue weighted by molar-refractivity contribution is 7.97. The second kappa shape index (κ2) is 12.1. The minimum atomic E-state index is -0.886. The Balaban J connectivity index is 1.79. The topological polar surface area (TPSA) is 103 Å². The number of hydrogen-bond donors (Lipinski definition) is 2. The van der Waals surface area contributed by atoms with Crippen LogP contribution < -0.4 is 20.8 Å². The molecule has 1 heterocycles. The van der Waals surface area contributed by atoms with Gasteiger partial charge in [-0.3, -0.25) is 24.1 Å². The zero-order valence-corrected chi connectivity index (χ0v) is 22.4. The largest absolute Gasteiger partial charge is 0.495 e. The summed E-state index contributed by atoms with van der Waals surface area (Å²) in [4.78, 5) is 40.2. The van der Waals surface area contributed by atoms with Gasteiger partial charge in [-0.1, -0.05) is 41.9 Å². The van der Waals surface area contributed by atoms with E-state index in [1.807, 2.05) is 30.3 Å². The fraction of sp³-hybridized carbons (Fsp3) is 0.138. The first-order chi connectivity index (χ1) is 18.3. The number of benzene rings is 3. The third kappa shape index (κ3) is 6.16. The van der Waals surface area contributed by atoms with Gasteiger partial charge in [0.1, 0.15) is 11.8 Å². The number of hydrogen-bond acceptors (Lipinski definition) is 6. The lowest BCUT2D eigenvalue weighted by atomic mass is 9.97. The van der Waals surface area contributed by atoms with E-state index in [0.717, 1.165) is 22.4 Å². The number of ether oxygens (including phenoxy) is 1. The molecule has 1 atom stereocenters. The summed E-state index contributed by atoms with van der Waals surface area (Å²) in [5.74, 6) is -0.223. The second-order valence-electron chi connectivity index (χ2n) is 8.58. The van der Waals surface area contributed by atoms with Gasteiger partial charge in [0.25, 0.3) is 5.56 Å². The quantitative estimate of drug-likeness (QED) is 0.204. The van der Waals surface area contributed by atoms with E-state index in [-0.39, 0.29) is 18.1 Å². The standard InChI is InChI=1S/C29H26ClN3O4S/c1-18(34)23-13-8-20(30)15-24(23)25-16-28(35)33(17-27(25)37-2)26(14-19-6-4-3-5-7-19)29(36)32-21-9-11-22(38-31)12-10-21/h3-13,15-17,26H,14,31H2,1-2H3,(H,32,36). The van der Waals surface area contributed by atoms with Crippen LogP contribution in [0.2, 0.25) is 5.02 Å². The van der Waals surface area contributed by atoms with Crippen LogP contribution in [0.5, 0.6) is 5.75 Å². The zero-order chi connectivity index (χ0) is 27.2. The van der Waals surface area contributed by atoms with E-state index < -0.39 is 11.6 Å². The molecule has 0 radical (unpaired) electrons. The number of aromatic nitrogens is 1. The Kier molecular flexibility index (Phi) is 8.68. The predicted octanol–water partition coefficient (Wildman–Crippen LogP) is 5.77. The highest BCUT2D eigenvalue weighted by Crippen LogP contribution is 2.34. The molecule has 0 saturated heterocycles. The lowest BCUT2D eigenvalue weighted by Crippen LogP contribution is -2.34. The van der Waals surface area contributed by atoms with Crippen molar-refractivity contribution >= 4 is 40.9 Å². The van der Waals surface area contributed by atoms with Crippen molar-refractivity contribution in [2.24, 2.45) is 5.14 Å². The number of Topliss-reactive ketones (excluding diaryl/α,β-unsaturated/α-hetero) is 1. The first-order valence-corrected chi connectivity index (χ1v) is 13.0. The molecule has 1 aromatic heterocycles. The maximum absolute atomic E-state index is 13.6. The second-order valence-corrected chi connectivity index (χ2v) is 9.73. The van der Waals surface area contributed by atoms with Crippen molar-refractivity contribution < 1.29 is 14.3 Å². The number of rotatable bonds is 9. The number of amides is 1. The van der Waals surface area contributed by atoms with Crippen LogP contribution >= 0.6 is 23.5 Å². The Morgan fingerprint density at radius 3 is 2.37 bits per heavy atom. The number of carbonyl (C=O) groups is 2. The Labute approximate surface area is 229 Å². The Morgan fingerprint density at radius 1 is 1.03 bits per heavy atom. The molecule has 0 spiro atoms. The summed E-state index contributed by atoms with van der Waals surface area (Å²) in [5.41, 5.74) is 2.32. The van der Waals surface area contributed by atoms with E-state index in [1.54, 1.807) is 42.5 Å². The van der Waals surface area contributed by atoms with Crippen LogP contribution in [-0.4, -0.2) is 23.4 Å². The number of methoxy groups -OCH3 is 1. The van der Waals surface area contributed by atoms with Gasteiger partial charge in [0.05, 0.1) is 13.3 Å². The van der Waals surface area contributed by atoms with Crippen LogP contribution in [0.3, 0.4) is 0 Å². The molecule has 7 nitrogen and oxygen atoms in total. The SMILES string of the molecule is COc1cn(C(Cc2ccccc2)C(=O)Nc2ccc(SN)cc2)c(=O)cc1-c1cc(Cl)ccc1C(C)=O. The molecule has 0 aliphatic carbocycles. The number of anilines is 1. The van der Waals surface area contributed by atoms with Crippen LogP contribution in [0.25, 0.3) is 11.1 Å². The summed E-state index contributed by atoms with van der Waals surface area (Å²) >= 11 is 7.33. The lowest BCUT2D eigenvalue weighted by molar-refractivity contribution is -0.119. The van der Waals surface area contributed by atoms with Gasteiger partial charge >= 0.3 is 0 Å². The Hall–Kier alpha value is -3.85. The van der Waals surface area contributed by atoms with E-state index in [0.29, 0.717) is 33.1 Å². The molecule has 4 aromatic rings. The van der Waals surface area contributed by atoms with Gasteiger partial charge in [0.15, 0.2) is 5.78 Å². The van der Waals surface area contributed by atoms with E-state index in [9.17, 15) is 14.4 Å². The van der Waals surface area contributed by atoms with Crippen LogP contribution in [0, 0.1) is 0 Å². The third-order valence-electron chi connectivity index (χ3n) is 6.08. The maximum atomic E-state index is 13.6. The highest BCUT2D eigenvalue weighted by atomic mass is 35.5. The van der Waals surface area contributed by atoms with Crippen molar-refractivity contribution in [2.75, 3.05) is 12.4 Å². The summed E-state index contributed by atoms with van der Waals surface area (Å²) in [6.07, 6.45) is 1.77. The molecule has 0 fully saturated rings. The summed E-state index contributed by atoms with van der Waals surface area (Å²) in [5, 5.41) is 8.91. The van der Waals surface area contributed by atoms with Gasteiger partial charge in [-0.25, -0.2) is 0 Å². The van der Waals surface area contributed by atoms with Crippen molar-refractivity contribution in [3.8, 4) is 16.9 Å². The van der Waals surface area contributed by atoms with Crippen molar-refractivity contribution in [1.29, 1.82) is 0 Å². The fourth-order valence-electron chi connectivity index (χ4n) is 4.19. The molecule has 4 rings (SSSR count). The smallest absolute Gasteiger partial charge is 0.252 e. The van der Waals surface area contributed by atoms with Crippen LogP contribution in [0.1, 0.15) is 28.9 Å². The minimum Gasteiger partial charge on any atom is -0.495 e. The third-order valence-corrected chi connectivity index (χ3v) is 6.86. The fourth-order valence-corrected chi connectivity index (χ4v) is 4.65. The van der Waals surface area contributed by atoms with Gasteiger partial charge < -0.3 is 10.1 Å². The summed E-state index contributed by atoms with van der Waals surface area (Å²) < 4.78 is 6.99. The Morgan fingerprint density at radius 2 is 1.74 bits per heavy atom. The van der Waals surface area contributed by atoms with Crippen LogP contribution in [0.4, 0.5) is 5.69 Å². The molecule has 0 bridgehead atoms. The van der Waals surface area contributed by atoms with Crippen LogP contribution in [-0.2, 0) is 11.2 Å². The molecular formula is C29H26ClN3O4S. The molecular weight excluding hydrogens is 522 g/mol. The van der Waals surface area contributed by atoms with Gasteiger partial charge in [-0.2, -0.15) is 0 Å². The van der Waals surface area contributed by atoms with Crippen molar-refractivity contribution in [3.05, 3.63) is 112 Å². The normalized spacial score (nSPS) is 11.6. The number of pyridine rings is 1. The number of ketones is 1. The van der Waals surface area contributed by atoms with Gasteiger partial charge in [-0.05, 0) is 72.5 Å². The minimum absolute atomic E-state index is 0.178. The summed E-state index contributed by atoms with van der Waals surface area (Å²) in [7, 11) is 1.47. The number of nitrogens with one attached hydrogen (secondary N) is 1. The van der Waals surface area contributed by atoms with Gasteiger partial charge in [0.2, 0.25) is 5.91 Å². The van der Waals surface area contributed by atoms with Crippen molar-refractivity contribution in [1.82, 2.24) is 4.57 Å². The first kappa shape index (κ1) is 27.2. The molecule has 1 unspecified atom stereocenters. The number of halogens is 1. The number of carbonyl (C=O) groups excluding carboxylic acids is 2. The maximum Gasteiger partial charge on any atom is 0.252 e.